The van der Waals surface area contributed by atoms with Crippen molar-refractivity contribution < 1.29 is 9.63 Å². The summed E-state index contributed by atoms with van der Waals surface area (Å²) in [5, 5.41) is 3.25. The van der Waals surface area contributed by atoms with Gasteiger partial charge in [-0.15, -0.1) is 0 Å². The van der Waals surface area contributed by atoms with Crippen molar-refractivity contribution in [1.29, 1.82) is 0 Å². The van der Waals surface area contributed by atoms with Gasteiger partial charge in [0.2, 0.25) is 5.91 Å². The third-order valence-electron chi connectivity index (χ3n) is 3.09. The summed E-state index contributed by atoms with van der Waals surface area (Å²) in [5.41, 5.74) is 2.59. The third kappa shape index (κ3) is 2.45. The number of carbonyl (C=O) groups excluding carboxylic acids is 1. The van der Waals surface area contributed by atoms with Crippen LogP contribution >= 0.6 is 0 Å². The van der Waals surface area contributed by atoms with Gasteiger partial charge < -0.3 is 5.32 Å². The van der Waals surface area contributed by atoms with Crippen LogP contribution in [0, 0.1) is 5.92 Å². The van der Waals surface area contributed by atoms with Crippen molar-refractivity contribution in [2.24, 2.45) is 5.92 Å². The average molecular weight is 198 g/mol. The van der Waals surface area contributed by atoms with Crippen LogP contribution in [0.5, 0.6) is 0 Å². The predicted molar refractivity (Wildman–Crippen MR) is 52.5 cm³/mol. The molecule has 0 spiro atoms. The van der Waals surface area contributed by atoms with E-state index in [-0.39, 0.29) is 17.9 Å². The molecule has 0 aromatic rings. The number of carbonyl (C=O) groups is 1. The fourth-order valence-corrected chi connectivity index (χ4v) is 1.81. The van der Waals surface area contributed by atoms with E-state index in [9.17, 15) is 4.79 Å². The van der Waals surface area contributed by atoms with Crippen LogP contribution in [0.4, 0.5) is 0 Å². The number of rotatable bonds is 3. The summed E-state index contributed by atoms with van der Waals surface area (Å²) < 4.78 is 0. The lowest BCUT2D eigenvalue weighted by Gasteiger charge is -2.27. The van der Waals surface area contributed by atoms with Gasteiger partial charge in [0.15, 0.2) is 0 Å². The smallest absolute Gasteiger partial charge is 0.246 e. The number of piperidine rings is 1. The van der Waals surface area contributed by atoms with Crippen molar-refractivity contribution in [3.8, 4) is 0 Å². The highest BCUT2D eigenvalue weighted by Crippen LogP contribution is 2.26. The van der Waals surface area contributed by atoms with E-state index in [0.717, 1.165) is 38.8 Å². The predicted octanol–water partition coefficient (Wildman–Crippen LogP) is 0.586. The molecular formula is C10H18N2O2. The van der Waals surface area contributed by atoms with E-state index in [0.29, 0.717) is 0 Å². The highest BCUT2D eigenvalue weighted by Gasteiger charge is 2.26. The fraction of sp³-hybridized carbons (Fsp3) is 0.900. The number of hydroxylamine groups is 1. The Morgan fingerprint density at radius 2 is 1.93 bits per heavy atom. The van der Waals surface area contributed by atoms with Gasteiger partial charge in [0.05, 0.1) is 6.10 Å². The van der Waals surface area contributed by atoms with Crippen molar-refractivity contribution in [2.45, 2.75) is 38.2 Å². The average Bonchev–Trinajstić information content (AvgIpc) is 2.14. The maximum Gasteiger partial charge on any atom is 0.246 e. The molecule has 0 aromatic carbocycles. The van der Waals surface area contributed by atoms with Gasteiger partial charge in [0.1, 0.15) is 0 Å². The minimum absolute atomic E-state index is 0.0785. The summed E-state index contributed by atoms with van der Waals surface area (Å²) in [7, 11) is 0. The standard InChI is InChI=1S/C10H18N2O2/c13-10(8-2-1-3-8)12-14-9-4-6-11-7-5-9/h8-9,11H,1-7H2,(H,12,13). The summed E-state index contributed by atoms with van der Waals surface area (Å²) in [6.07, 6.45) is 5.43. The van der Waals surface area contributed by atoms with Gasteiger partial charge in [-0.2, -0.15) is 0 Å². The van der Waals surface area contributed by atoms with Crippen LogP contribution in [0.3, 0.4) is 0 Å². The molecule has 0 unspecified atom stereocenters. The second-order valence-corrected chi connectivity index (χ2v) is 4.16. The molecule has 1 amide bonds. The summed E-state index contributed by atoms with van der Waals surface area (Å²) >= 11 is 0. The van der Waals surface area contributed by atoms with Gasteiger partial charge in [0.25, 0.3) is 0 Å². The van der Waals surface area contributed by atoms with E-state index in [4.69, 9.17) is 4.84 Å². The summed E-state index contributed by atoms with van der Waals surface area (Å²) in [5.74, 6) is 0.298. The Morgan fingerprint density at radius 1 is 1.21 bits per heavy atom. The van der Waals surface area contributed by atoms with Crippen LogP contribution < -0.4 is 10.8 Å². The molecule has 1 aliphatic carbocycles. The molecule has 80 valence electrons. The van der Waals surface area contributed by atoms with Crippen molar-refractivity contribution in [2.75, 3.05) is 13.1 Å². The molecule has 0 radical (unpaired) electrons. The Kier molecular flexibility index (Phi) is 3.37. The molecule has 0 aromatic heterocycles. The first-order valence-corrected chi connectivity index (χ1v) is 5.52. The Morgan fingerprint density at radius 3 is 2.50 bits per heavy atom. The van der Waals surface area contributed by atoms with Crippen LogP contribution in [0.2, 0.25) is 0 Å². The third-order valence-corrected chi connectivity index (χ3v) is 3.09. The number of amides is 1. The lowest BCUT2D eigenvalue weighted by atomic mass is 9.85. The van der Waals surface area contributed by atoms with E-state index in [1.807, 2.05) is 0 Å². The highest BCUT2D eigenvalue weighted by atomic mass is 16.7. The largest absolute Gasteiger partial charge is 0.317 e. The van der Waals surface area contributed by atoms with Gasteiger partial charge >= 0.3 is 0 Å². The summed E-state index contributed by atoms with van der Waals surface area (Å²) in [6.45, 7) is 1.98. The zero-order chi connectivity index (χ0) is 9.80. The van der Waals surface area contributed by atoms with Gasteiger partial charge in [-0.05, 0) is 38.8 Å². The lowest BCUT2D eigenvalue weighted by Crippen LogP contribution is -2.40. The molecular weight excluding hydrogens is 180 g/mol. The van der Waals surface area contributed by atoms with Crippen LogP contribution in [0.25, 0.3) is 0 Å². The van der Waals surface area contributed by atoms with Crippen molar-refractivity contribution in [1.82, 2.24) is 10.8 Å². The van der Waals surface area contributed by atoms with Crippen molar-refractivity contribution in [3.63, 3.8) is 0 Å². The Labute approximate surface area is 84.3 Å². The number of nitrogens with one attached hydrogen (secondary N) is 2. The molecule has 0 atom stereocenters. The molecule has 4 nitrogen and oxygen atoms in total. The maximum absolute atomic E-state index is 11.4. The SMILES string of the molecule is O=C(NOC1CCNCC1)C1CCC1. The molecule has 1 heterocycles. The van der Waals surface area contributed by atoms with Gasteiger partial charge in [-0.25, -0.2) is 5.48 Å². The second-order valence-electron chi connectivity index (χ2n) is 4.16. The van der Waals surface area contributed by atoms with E-state index < -0.39 is 0 Å². The number of hydrogen-bond acceptors (Lipinski definition) is 3. The van der Waals surface area contributed by atoms with E-state index in [1.165, 1.54) is 6.42 Å². The molecule has 14 heavy (non-hydrogen) atoms. The molecule has 0 bridgehead atoms. The van der Waals surface area contributed by atoms with Gasteiger partial charge in [0, 0.05) is 5.92 Å². The lowest BCUT2D eigenvalue weighted by molar-refractivity contribution is -0.146. The minimum Gasteiger partial charge on any atom is -0.317 e. The topological polar surface area (TPSA) is 50.4 Å². The molecule has 2 aliphatic rings. The summed E-state index contributed by atoms with van der Waals surface area (Å²) in [6, 6.07) is 0. The van der Waals surface area contributed by atoms with Crippen LogP contribution in [0.1, 0.15) is 32.1 Å². The van der Waals surface area contributed by atoms with Crippen LogP contribution in [-0.4, -0.2) is 25.1 Å². The second kappa shape index (κ2) is 4.75. The first-order chi connectivity index (χ1) is 6.86. The maximum atomic E-state index is 11.4. The molecule has 1 saturated heterocycles. The Hall–Kier alpha value is -0.610. The number of hydrogen-bond donors (Lipinski definition) is 2. The zero-order valence-corrected chi connectivity index (χ0v) is 8.42. The first kappa shape index (κ1) is 9.93. The molecule has 1 saturated carbocycles. The molecule has 1 aliphatic heterocycles. The molecule has 4 heteroatoms. The van der Waals surface area contributed by atoms with Crippen LogP contribution in [0.15, 0.2) is 0 Å². The van der Waals surface area contributed by atoms with E-state index in [1.54, 1.807) is 0 Å². The van der Waals surface area contributed by atoms with Crippen molar-refractivity contribution in [3.05, 3.63) is 0 Å². The van der Waals surface area contributed by atoms with Crippen molar-refractivity contribution >= 4 is 5.91 Å². The molecule has 2 rings (SSSR count). The molecule has 2 N–H and O–H groups in total. The fourth-order valence-electron chi connectivity index (χ4n) is 1.81. The molecule has 2 fully saturated rings. The highest BCUT2D eigenvalue weighted by molar-refractivity contribution is 5.78. The van der Waals surface area contributed by atoms with E-state index >= 15 is 0 Å². The van der Waals surface area contributed by atoms with Gasteiger partial charge in [-0.1, -0.05) is 6.42 Å². The summed E-state index contributed by atoms with van der Waals surface area (Å²) in [4.78, 5) is 16.8. The Balaban J connectivity index is 1.62. The van der Waals surface area contributed by atoms with E-state index in [2.05, 4.69) is 10.8 Å². The first-order valence-electron chi connectivity index (χ1n) is 5.52. The van der Waals surface area contributed by atoms with Gasteiger partial charge in [-0.3, -0.25) is 9.63 Å². The normalized spacial score (nSPS) is 24.3. The minimum atomic E-state index is 0.0785. The zero-order valence-electron chi connectivity index (χ0n) is 8.42. The monoisotopic (exact) mass is 198 g/mol. The van der Waals surface area contributed by atoms with Crippen LogP contribution in [-0.2, 0) is 9.63 Å². The Bertz CT molecular complexity index is 198. The quantitative estimate of drug-likeness (QED) is 0.652.